The largest absolute Gasteiger partial charge is 0.465 e. The zero-order chi connectivity index (χ0) is 12.9. The first-order valence-electron chi connectivity index (χ1n) is 5.49. The molecular formula is C12H20O4. The summed E-state index contributed by atoms with van der Waals surface area (Å²) in [5, 5.41) is 0. The van der Waals surface area contributed by atoms with Crippen molar-refractivity contribution >= 4 is 17.5 Å². The van der Waals surface area contributed by atoms with Crippen LogP contribution in [0.1, 0.15) is 41.0 Å². The number of hydrogen-bond acceptors (Lipinski definition) is 4. The third-order valence-corrected chi connectivity index (χ3v) is 3.10. The fraction of sp³-hybridized carbons (Fsp3) is 0.750. The summed E-state index contributed by atoms with van der Waals surface area (Å²) in [6.45, 7) is 8.03. The van der Waals surface area contributed by atoms with Crippen LogP contribution in [0.2, 0.25) is 0 Å². The van der Waals surface area contributed by atoms with Crippen molar-refractivity contribution in [2.24, 2.45) is 11.3 Å². The maximum Gasteiger partial charge on any atom is 0.317 e. The van der Waals surface area contributed by atoms with E-state index in [9.17, 15) is 14.4 Å². The Morgan fingerprint density at radius 2 is 1.69 bits per heavy atom. The standard InChI is InChI=1S/C12H20O4/c1-6-12(5,9(4)14)10(8(3)13)11(15)16-7-2/h10H,6-7H2,1-5H3. The number of hydrogen-bond donors (Lipinski definition) is 0. The second-order valence-electron chi connectivity index (χ2n) is 4.12. The van der Waals surface area contributed by atoms with Crippen LogP contribution in [0.5, 0.6) is 0 Å². The first-order chi connectivity index (χ1) is 7.31. The number of carbonyl (C=O) groups is 3. The molecule has 0 aromatic heterocycles. The van der Waals surface area contributed by atoms with Crippen LogP contribution < -0.4 is 0 Å². The smallest absolute Gasteiger partial charge is 0.317 e. The van der Waals surface area contributed by atoms with Crippen LogP contribution in [0.3, 0.4) is 0 Å². The lowest BCUT2D eigenvalue weighted by atomic mass is 9.70. The van der Waals surface area contributed by atoms with Crippen LogP contribution in [0, 0.1) is 11.3 Å². The Balaban J connectivity index is 5.25. The Morgan fingerprint density at radius 3 is 1.94 bits per heavy atom. The molecule has 0 spiro atoms. The van der Waals surface area contributed by atoms with Gasteiger partial charge in [-0.1, -0.05) is 13.8 Å². The third kappa shape index (κ3) is 2.90. The Bertz CT molecular complexity index is 295. The van der Waals surface area contributed by atoms with Gasteiger partial charge >= 0.3 is 5.97 Å². The highest BCUT2D eigenvalue weighted by Crippen LogP contribution is 2.34. The molecule has 0 aliphatic carbocycles. The molecule has 0 aromatic rings. The Morgan fingerprint density at radius 1 is 1.19 bits per heavy atom. The van der Waals surface area contributed by atoms with Crippen molar-refractivity contribution in [3.63, 3.8) is 0 Å². The van der Waals surface area contributed by atoms with Gasteiger partial charge in [-0.15, -0.1) is 0 Å². The first-order valence-corrected chi connectivity index (χ1v) is 5.49. The van der Waals surface area contributed by atoms with Crippen molar-refractivity contribution in [1.82, 2.24) is 0 Å². The lowest BCUT2D eigenvalue weighted by molar-refractivity contribution is -0.160. The molecule has 92 valence electrons. The van der Waals surface area contributed by atoms with Gasteiger partial charge in [-0.25, -0.2) is 0 Å². The summed E-state index contributed by atoms with van der Waals surface area (Å²) in [4.78, 5) is 34.8. The van der Waals surface area contributed by atoms with Crippen LogP contribution in [-0.2, 0) is 19.1 Å². The minimum atomic E-state index is -0.991. The topological polar surface area (TPSA) is 60.4 Å². The molecule has 0 radical (unpaired) electrons. The molecule has 4 heteroatoms. The van der Waals surface area contributed by atoms with Crippen molar-refractivity contribution < 1.29 is 19.1 Å². The molecule has 0 saturated heterocycles. The highest BCUT2D eigenvalue weighted by Gasteiger charge is 2.45. The van der Waals surface area contributed by atoms with Gasteiger partial charge in [0, 0.05) is 5.41 Å². The van der Waals surface area contributed by atoms with Gasteiger partial charge in [-0.3, -0.25) is 14.4 Å². The van der Waals surface area contributed by atoms with Crippen LogP contribution in [-0.4, -0.2) is 24.1 Å². The van der Waals surface area contributed by atoms with E-state index in [0.717, 1.165) is 0 Å². The first kappa shape index (κ1) is 14.8. The molecular weight excluding hydrogens is 208 g/mol. The lowest BCUT2D eigenvalue weighted by Crippen LogP contribution is -2.43. The van der Waals surface area contributed by atoms with Gasteiger partial charge in [0.1, 0.15) is 17.5 Å². The summed E-state index contributed by atoms with van der Waals surface area (Å²) in [5.41, 5.74) is -0.960. The summed E-state index contributed by atoms with van der Waals surface area (Å²) >= 11 is 0. The highest BCUT2D eigenvalue weighted by molar-refractivity contribution is 6.03. The molecule has 4 nitrogen and oxygen atoms in total. The molecule has 0 saturated carbocycles. The van der Waals surface area contributed by atoms with Crippen molar-refractivity contribution in [2.75, 3.05) is 6.61 Å². The predicted molar refractivity (Wildman–Crippen MR) is 59.9 cm³/mol. The minimum absolute atomic E-state index is 0.164. The molecule has 0 aromatic carbocycles. The summed E-state index contributed by atoms with van der Waals surface area (Å²) in [7, 11) is 0. The maximum absolute atomic E-state index is 11.7. The quantitative estimate of drug-likeness (QED) is 0.513. The summed E-state index contributed by atoms with van der Waals surface area (Å²) < 4.78 is 4.85. The number of rotatable bonds is 6. The van der Waals surface area contributed by atoms with Crippen molar-refractivity contribution in [2.45, 2.75) is 41.0 Å². The zero-order valence-electron chi connectivity index (χ0n) is 10.6. The number of esters is 1. The fourth-order valence-electron chi connectivity index (χ4n) is 1.76. The van der Waals surface area contributed by atoms with E-state index in [2.05, 4.69) is 0 Å². The lowest BCUT2D eigenvalue weighted by Gasteiger charge is -2.31. The molecule has 16 heavy (non-hydrogen) atoms. The number of ether oxygens (including phenoxy) is 1. The van der Waals surface area contributed by atoms with E-state index in [1.807, 2.05) is 0 Å². The second kappa shape index (κ2) is 5.77. The molecule has 2 unspecified atom stereocenters. The summed E-state index contributed by atoms with van der Waals surface area (Å²) in [5.74, 6) is -2.08. The van der Waals surface area contributed by atoms with Gasteiger partial charge in [-0.2, -0.15) is 0 Å². The van der Waals surface area contributed by atoms with E-state index in [0.29, 0.717) is 6.42 Å². The highest BCUT2D eigenvalue weighted by atomic mass is 16.5. The van der Waals surface area contributed by atoms with E-state index in [-0.39, 0.29) is 18.2 Å². The Kier molecular flexibility index (Phi) is 5.35. The second-order valence-corrected chi connectivity index (χ2v) is 4.12. The average molecular weight is 228 g/mol. The molecule has 0 aliphatic heterocycles. The van der Waals surface area contributed by atoms with Crippen LogP contribution in [0.15, 0.2) is 0 Å². The molecule has 0 fully saturated rings. The van der Waals surface area contributed by atoms with Gasteiger partial charge in [0.2, 0.25) is 0 Å². The predicted octanol–water partition coefficient (Wildman–Crippen LogP) is 1.76. The number of ketones is 2. The molecule has 2 atom stereocenters. The number of carbonyl (C=O) groups excluding carboxylic acids is 3. The zero-order valence-corrected chi connectivity index (χ0v) is 10.6. The monoisotopic (exact) mass is 228 g/mol. The maximum atomic E-state index is 11.7. The summed E-state index contributed by atoms with van der Waals surface area (Å²) in [6, 6.07) is 0. The average Bonchev–Trinajstić information content (AvgIpc) is 2.17. The van der Waals surface area contributed by atoms with E-state index in [1.54, 1.807) is 20.8 Å². The van der Waals surface area contributed by atoms with Gasteiger partial charge in [0.15, 0.2) is 0 Å². The molecule has 0 amide bonds. The normalized spacial score (nSPS) is 16.1. The SMILES string of the molecule is CCOC(=O)C(C(C)=O)C(C)(CC)C(C)=O. The van der Waals surface area contributed by atoms with Crippen LogP contribution in [0.4, 0.5) is 0 Å². The van der Waals surface area contributed by atoms with E-state index < -0.39 is 17.3 Å². The minimum Gasteiger partial charge on any atom is -0.465 e. The van der Waals surface area contributed by atoms with Crippen molar-refractivity contribution in [1.29, 1.82) is 0 Å². The van der Waals surface area contributed by atoms with Gasteiger partial charge in [0.25, 0.3) is 0 Å². The Labute approximate surface area is 96.4 Å². The molecule has 0 N–H and O–H groups in total. The van der Waals surface area contributed by atoms with Gasteiger partial charge < -0.3 is 4.74 Å². The van der Waals surface area contributed by atoms with Gasteiger partial charge in [-0.05, 0) is 27.2 Å². The van der Waals surface area contributed by atoms with E-state index >= 15 is 0 Å². The number of Topliss-reactive ketones (excluding diaryl/α,β-unsaturated/α-hetero) is 2. The van der Waals surface area contributed by atoms with Gasteiger partial charge in [0.05, 0.1) is 6.61 Å². The molecule has 0 aliphatic rings. The van der Waals surface area contributed by atoms with E-state index in [4.69, 9.17) is 4.74 Å². The Hall–Kier alpha value is -1.19. The third-order valence-electron chi connectivity index (χ3n) is 3.10. The van der Waals surface area contributed by atoms with Crippen LogP contribution >= 0.6 is 0 Å². The van der Waals surface area contributed by atoms with E-state index in [1.165, 1.54) is 13.8 Å². The van der Waals surface area contributed by atoms with Crippen molar-refractivity contribution in [3.05, 3.63) is 0 Å². The van der Waals surface area contributed by atoms with Crippen LogP contribution in [0.25, 0.3) is 0 Å². The summed E-state index contributed by atoms with van der Waals surface area (Å²) in [6.07, 6.45) is 0.436. The molecule has 0 bridgehead atoms. The molecule has 0 heterocycles. The van der Waals surface area contributed by atoms with Crippen molar-refractivity contribution in [3.8, 4) is 0 Å². The molecule has 0 rings (SSSR count). The fourth-order valence-corrected chi connectivity index (χ4v) is 1.76.